The molecule has 7 heteroatoms. The highest BCUT2D eigenvalue weighted by Crippen LogP contribution is 2.30. The van der Waals surface area contributed by atoms with E-state index in [2.05, 4.69) is 16.6 Å². The van der Waals surface area contributed by atoms with Gasteiger partial charge in [-0.25, -0.2) is 4.79 Å². The summed E-state index contributed by atoms with van der Waals surface area (Å²) in [6, 6.07) is 14.5. The summed E-state index contributed by atoms with van der Waals surface area (Å²) in [5.74, 6) is 2.07. The van der Waals surface area contributed by atoms with Crippen LogP contribution in [0, 0.1) is 12.3 Å². The highest BCUT2D eigenvalue weighted by atomic mass is 16.6. The quantitative estimate of drug-likeness (QED) is 0.354. The van der Waals surface area contributed by atoms with E-state index in [1.807, 2.05) is 62.4 Å². The van der Waals surface area contributed by atoms with Gasteiger partial charge in [-0.3, -0.25) is 9.59 Å². The van der Waals surface area contributed by atoms with Crippen molar-refractivity contribution < 1.29 is 19.1 Å². The Morgan fingerprint density at radius 2 is 1.66 bits per heavy atom. The largest absolute Gasteiger partial charge is 0.444 e. The van der Waals surface area contributed by atoms with Crippen molar-refractivity contribution in [2.75, 3.05) is 0 Å². The first kappa shape index (κ1) is 31.7. The normalized spacial score (nSPS) is 16.0. The van der Waals surface area contributed by atoms with E-state index in [0.29, 0.717) is 17.5 Å². The molecule has 2 aromatic rings. The molecule has 1 aliphatic carbocycles. The second-order valence-electron chi connectivity index (χ2n) is 11.9. The van der Waals surface area contributed by atoms with Crippen LogP contribution in [0.5, 0.6) is 0 Å². The summed E-state index contributed by atoms with van der Waals surface area (Å²) in [6.45, 7) is 9.21. The van der Waals surface area contributed by atoms with Gasteiger partial charge >= 0.3 is 6.09 Å². The number of hydrogen-bond acceptors (Lipinski definition) is 4. The molecule has 0 aromatic heterocycles. The zero-order chi connectivity index (χ0) is 30.0. The van der Waals surface area contributed by atoms with Crippen molar-refractivity contribution in [3.05, 3.63) is 71.3 Å². The Kier molecular flexibility index (Phi) is 11.4. The van der Waals surface area contributed by atoms with E-state index < -0.39 is 23.8 Å². The third-order valence-corrected chi connectivity index (χ3v) is 7.48. The maximum absolute atomic E-state index is 14.6. The smallest absolute Gasteiger partial charge is 0.408 e. The monoisotopic (exact) mass is 559 g/mol. The first-order valence-corrected chi connectivity index (χ1v) is 14.8. The zero-order valence-corrected chi connectivity index (χ0v) is 25.1. The molecule has 41 heavy (non-hydrogen) atoms. The number of alkyl carbamates (subject to hydrolysis) is 1. The minimum atomic E-state index is -0.968. The molecule has 3 atom stereocenters. The lowest BCUT2D eigenvalue weighted by molar-refractivity contribution is -0.145. The van der Waals surface area contributed by atoms with E-state index in [0.717, 1.165) is 37.7 Å². The molecular weight excluding hydrogens is 514 g/mol. The summed E-state index contributed by atoms with van der Waals surface area (Å²) >= 11 is 0. The van der Waals surface area contributed by atoms with Gasteiger partial charge in [-0.05, 0) is 64.2 Å². The Hall–Kier alpha value is -3.79. The highest BCUT2D eigenvalue weighted by Gasteiger charge is 2.40. The fraction of sp³-hybridized carbons (Fsp3) is 0.500. The van der Waals surface area contributed by atoms with E-state index in [9.17, 15) is 14.4 Å². The molecule has 0 bridgehead atoms. The van der Waals surface area contributed by atoms with E-state index in [-0.39, 0.29) is 30.3 Å². The molecule has 3 unspecified atom stereocenters. The molecule has 0 saturated heterocycles. The fourth-order valence-corrected chi connectivity index (χ4v) is 5.29. The second kappa shape index (κ2) is 14.7. The molecule has 7 nitrogen and oxygen atoms in total. The summed E-state index contributed by atoms with van der Waals surface area (Å²) < 4.78 is 5.53. The number of amides is 3. The van der Waals surface area contributed by atoms with Crippen LogP contribution in [-0.2, 0) is 20.7 Å². The first-order valence-electron chi connectivity index (χ1n) is 14.8. The Bertz CT molecular complexity index is 1210. The lowest BCUT2D eigenvalue weighted by Gasteiger charge is -2.39. The van der Waals surface area contributed by atoms with Crippen molar-refractivity contribution in [2.45, 2.75) is 109 Å². The van der Waals surface area contributed by atoms with Gasteiger partial charge in [-0.1, -0.05) is 80.6 Å². The van der Waals surface area contributed by atoms with Crippen LogP contribution in [0.25, 0.3) is 0 Å². The highest BCUT2D eigenvalue weighted by molar-refractivity contribution is 5.93. The zero-order valence-electron chi connectivity index (χ0n) is 25.1. The molecule has 0 aliphatic heterocycles. The van der Waals surface area contributed by atoms with Gasteiger partial charge in [0.15, 0.2) is 0 Å². The third kappa shape index (κ3) is 9.11. The Balaban J connectivity index is 2.07. The van der Waals surface area contributed by atoms with Gasteiger partial charge in [0, 0.05) is 24.1 Å². The summed E-state index contributed by atoms with van der Waals surface area (Å²) in [6.07, 6.45) is 11.1. The minimum absolute atomic E-state index is 0.0469. The summed E-state index contributed by atoms with van der Waals surface area (Å²) in [4.78, 5) is 43.3. The summed E-state index contributed by atoms with van der Waals surface area (Å²) in [7, 11) is 0. The molecule has 0 spiro atoms. The van der Waals surface area contributed by atoms with Crippen molar-refractivity contribution in [2.24, 2.45) is 0 Å². The van der Waals surface area contributed by atoms with Crippen LogP contribution < -0.4 is 10.6 Å². The molecule has 1 fully saturated rings. The summed E-state index contributed by atoms with van der Waals surface area (Å²) in [5, 5.41) is 6.04. The van der Waals surface area contributed by atoms with Gasteiger partial charge in [-0.2, -0.15) is 0 Å². The number of nitrogens with one attached hydrogen (secondary N) is 2. The van der Waals surface area contributed by atoms with E-state index >= 15 is 0 Å². The van der Waals surface area contributed by atoms with Crippen molar-refractivity contribution in [1.29, 1.82) is 0 Å². The van der Waals surface area contributed by atoms with E-state index in [1.165, 1.54) is 0 Å². The van der Waals surface area contributed by atoms with Gasteiger partial charge in [0.1, 0.15) is 17.7 Å². The number of hydrogen-bond donors (Lipinski definition) is 2. The molecular formula is C34H45N3O4. The number of nitrogens with zero attached hydrogens (tertiary/aromatic N) is 1. The number of carbonyl (C=O) groups is 3. The van der Waals surface area contributed by atoms with Crippen molar-refractivity contribution in [1.82, 2.24) is 15.5 Å². The molecule has 1 aliphatic rings. The van der Waals surface area contributed by atoms with Crippen LogP contribution in [0.15, 0.2) is 54.6 Å². The molecule has 0 radical (unpaired) electrons. The van der Waals surface area contributed by atoms with Gasteiger partial charge in [0.2, 0.25) is 11.8 Å². The van der Waals surface area contributed by atoms with Crippen molar-refractivity contribution in [3.8, 4) is 12.3 Å². The molecule has 3 rings (SSSR count). The molecule has 3 amide bonds. The molecule has 2 aromatic carbocycles. The lowest BCUT2D eigenvalue weighted by Crippen LogP contribution is -2.56. The maximum atomic E-state index is 14.6. The maximum Gasteiger partial charge on any atom is 0.408 e. The molecule has 2 N–H and O–H groups in total. The van der Waals surface area contributed by atoms with Crippen LogP contribution in [0.1, 0.15) is 95.9 Å². The van der Waals surface area contributed by atoms with Gasteiger partial charge in [0.25, 0.3) is 0 Å². The second-order valence-corrected chi connectivity index (χ2v) is 11.9. The number of carbonyl (C=O) groups excluding carboxylic acids is 3. The van der Waals surface area contributed by atoms with E-state index in [1.54, 1.807) is 31.7 Å². The predicted molar refractivity (Wildman–Crippen MR) is 162 cm³/mol. The third-order valence-electron chi connectivity index (χ3n) is 7.48. The predicted octanol–water partition coefficient (Wildman–Crippen LogP) is 5.92. The number of terminal acetylenes is 1. The Labute approximate surface area is 245 Å². The SMILES string of the molecule is C#Cc1ccccc1C(C(=O)NC1CCCCC1)N(C(=O)C(Cc1ccccc1)NC(=O)OC(C)(C)C)C(C)CC. The van der Waals surface area contributed by atoms with Crippen LogP contribution in [0.2, 0.25) is 0 Å². The van der Waals surface area contributed by atoms with Crippen LogP contribution in [-0.4, -0.2) is 46.5 Å². The average Bonchev–Trinajstić information content (AvgIpc) is 2.94. The molecule has 0 heterocycles. The molecule has 1 saturated carbocycles. The Morgan fingerprint density at radius 3 is 2.27 bits per heavy atom. The van der Waals surface area contributed by atoms with Crippen molar-refractivity contribution >= 4 is 17.9 Å². The van der Waals surface area contributed by atoms with Gasteiger partial charge in [-0.15, -0.1) is 6.42 Å². The number of rotatable bonds is 10. The first-order chi connectivity index (χ1) is 19.5. The van der Waals surface area contributed by atoms with E-state index in [4.69, 9.17) is 11.2 Å². The fourth-order valence-electron chi connectivity index (χ4n) is 5.29. The topological polar surface area (TPSA) is 87.7 Å². The average molecular weight is 560 g/mol. The van der Waals surface area contributed by atoms with Gasteiger partial charge in [0.05, 0.1) is 0 Å². The van der Waals surface area contributed by atoms with Crippen LogP contribution >= 0.6 is 0 Å². The summed E-state index contributed by atoms with van der Waals surface area (Å²) in [5.41, 5.74) is 1.28. The number of benzene rings is 2. The van der Waals surface area contributed by atoms with Crippen molar-refractivity contribution in [3.63, 3.8) is 0 Å². The van der Waals surface area contributed by atoms with Gasteiger partial charge < -0.3 is 20.3 Å². The standard InChI is InChI=1S/C34H45N3O4/c1-7-24(3)37(32(39)29(23-25-17-11-9-12-18-25)36-33(40)41-34(4,5)6)30(28-22-16-15-19-26(28)8-2)31(38)35-27-20-13-10-14-21-27/h2,9,11-12,15-19,22,24,27,29-30H,7,10,13-14,20-21,23H2,1,3-6H3,(H,35,38)(H,36,40). The van der Waals surface area contributed by atoms with Crippen LogP contribution in [0.4, 0.5) is 4.79 Å². The Morgan fingerprint density at radius 1 is 1.02 bits per heavy atom. The molecule has 220 valence electrons. The minimum Gasteiger partial charge on any atom is -0.444 e. The van der Waals surface area contributed by atoms with Crippen LogP contribution in [0.3, 0.4) is 0 Å². The number of ether oxygens (including phenoxy) is 1. The lowest BCUT2D eigenvalue weighted by atomic mass is 9.92.